The minimum atomic E-state index is 0.716. The summed E-state index contributed by atoms with van der Waals surface area (Å²) >= 11 is 0. The van der Waals surface area contributed by atoms with Gasteiger partial charge in [-0.2, -0.15) is 0 Å². The molecule has 0 fully saturated rings. The summed E-state index contributed by atoms with van der Waals surface area (Å²) in [7, 11) is 0. The predicted octanol–water partition coefficient (Wildman–Crippen LogP) is 1.16. The highest BCUT2D eigenvalue weighted by Gasteiger charge is 1.87. The highest BCUT2D eigenvalue weighted by molar-refractivity contribution is 5.00. The highest BCUT2D eigenvalue weighted by atomic mass is 14.8. The maximum atomic E-state index is 4.07. The van der Waals surface area contributed by atoms with E-state index in [1.807, 2.05) is 6.92 Å². The van der Waals surface area contributed by atoms with E-state index in [0.717, 1.165) is 11.4 Å². The number of aryl methyl sites for hydroxylation is 1. The second-order valence-electron chi connectivity index (χ2n) is 1.90. The fraction of sp³-hybridized carbons (Fsp3) is 0.286. The Morgan fingerprint density at radius 3 is 2.67 bits per heavy atom. The molecule has 1 aromatic heterocycles. The van der Waals surface area contributed by atoms with Gasteiger partial charge in [-0.3, -0.25) is 9.97 Å². The predicted molar refractivity (Wildman–Crippen MR) is 35.8 cm³/mol. The third-order valence-electron chi connectivity index (χ3n) is 1.09. The lowest BCUT2D eigenvalue weighted by atomic mass is 10.3. The van der Waals surface area contributed by atoms with Crippen molar-refractivity contribution in [2.75, 3.05) is 0 Å². The van der Waals surface area contributed by atoms with E-state index in [4.69, 9.17) is 0 Å². The molecule has 0 spiro atoms. The van der Waals surface area contributed by atoms with Crippen molar-refractivity contribution < 1.29 is 0 Å². The summed E-state index contributed by atoms with van der Waals surface area (Å²) in [5.74, 6) is 0. The molecule has 0 aliphatic rings. The first-order valence-corrected chi connectivity index (χ1v) is 2.89. The van der Waals surface area contributed by atoms with Crippen molar-refractivity contribution in [2.24, 2.45) is 0 Å². The van der Waals surface area contributed by atoms with Crippen molar-refractivity contribution in [3.8, 4) is 0 Å². The van der Waals surface area contributed by atoms with E-state index < -0.39 is 0 Å². The molecular weight excluding hydrogens is 112 g/mol. The molecule has 1 heterocycles. The number of hydrogen-bond donors (Lipinski definition) is 0. The Kier molecular flexibility index (Phi) is 1.78. The first-order chi connectivity index (χ1) is 4.33. The van der Waals surface area contributed by atoms with Crippen molar-refractivity contribution in [3.05, 3.63) is 30.7 Å². The van der Waals surface area contributed by atoms with Gasteiger partial charge in [-0.05, 0) is 20.3 Å². The quantitative estimate of drug-likeness (QED) is 0.557. The van der Waals surface area contributed by atoms with E-state index in [0.29, 0.717) is 6.42 Å². The molecule has 0 aromatic carbocycles. The maximum absolute atomic E-state index is 4.07. The normalized spacial score (nSPS) is 9.56. The second kappa shape index (κ2) is 2.58. The third-order valence-corrected chi connectivity index (χ3v) is 1.09. The van der Waals surface area contributed by atoms with Crippen LogP contribution >= 0.6 is 0 Å². The average Bonchev–Trinajstić information content (AvgIpc) is 1.90. The van der Waals surface area contributed by atoms with Gasteiger partial charge in [0.25, 0.3) is 0 Å². The zero-order chi connectivity index (χ0) is 6.69. The summed E-state index contributed by atoms with van der Waals surface area (Å²) < 4.78 is 0. The molecule has 0 aliphatic carbocycles. The summed E-state index contributed by atoms with van der Waals surface area (Å²) in [6, 6.07) is 0. The largest absolute Gasteiger partial charge is 0.258 e. The van der Waals surface area contributed by atoms with Crippen LogP contribution in [0.3, 0.4) is 0 Å². The molecule has 0 saturated carbocycles. The summed E-state index contributed by atoms with van der Waals surface area (Å²) in [5, 5.41) is 0. The zero-order valence-corrected chi connectivity index (χ0v) is 5.46. The molecule has 0 N–H and O–H groups in total. The molecule has 9 heavy (non-hydrogen) atoms. The van der Waals surface area contributed by atoms with Crippen LogP contribution in [0.5, 0.6) is 0 Å². The lowest BCUT2D eigenvalue weighted by Gasteiger charge is -1.92. The Balaban J connectivity index is 2.88. The van der Waals surface area contributed by atoms with Crippen LogP contribution in [0.1, 0.15) is 11.4 Å². The maximum Gasteiger partial charge on any atom is 0.0586 e. The molecule has 0 saturated heterocycles. The summed E-state index contributed by atoms with van der Waals surface area (Å²) in [5.41, 5.74) is 1.90. The first-order valence-electron chi connectivity index (χ1n) is 2.89. The average molecular weight is 121 g/mol. The van der Waals surface area contributed by atoms with Crippen LogP contribution in [-0.4, -0.2) is 9.97 Å². The van der Waals surface area contributed by atoms with Gasteiger partial charge in [-0.1, -0.05) is 0 Å². The minimum absolute atomic E-state index is 0.716. The van der Waals surface area contributed by atoms with E-state index in [1.54, 1.807) is 12.4 Å². The number of hydrogen-bond acceptors (Lipinski definition) is 2. The van der Waals surface area contributed by atoms with Crippen LogP contribution in [0, 0.1) is 13.8 Å². The topological polar surface area (TPSA) is 25.8 Å². The van der Waals surface area contributed by atoms with Crippen LogP contribution < -0.4 is 0 Å². The van der Waals surface area contributed by atoms with Gasteiger partial charge < -0.3 is 0 Å². The molecule has 1 radical (unpaired) electrons. The SMILES string of the molecule is [CH2]Cc1cnc(C)cn1. The number of rotatable bonds is 1. The fourth-order valence-corrected chi connectivity index (χ4v) is 0.548. The fourth-order valence-electron chi connectivity index (χ4n) is 0.548. The number of nitrogens with zero attached hydrogens (tertiary/aromatic N) is 2. The van der Waals surface area contributed by atoms with Crippen LogP contribution in [0.4, 0.5) is 0 Å². The van der Waals surface area contributed by atoms with Gasteiger partial charge in [0.1, 0.15) is 0 Å². The molecule has 1 aromatic rings. The Bertz CT molecular complexity index is 179. The third kappa shape index (κ3) is 1.49. The molecule has 47 valence electrons. The highest BCUT2D eigenvalue weighted by Crippen LogP contribution is 1.92. The van der Waals surface area contributed by atoms with Gasteiger partial charge in [0.2, 0.25) is 0 Å². The smallest absolute Gasteiger partial charge is 0.0586 e. The summed E-state index contributed by atoms with van der Waals surface area (Å²) in [6.07, 6.45) is 4.22. The Morgan fingerprint density at radius 2 is 2.22 bits per heavy atom. The van der Waals surface area contributed by atoms with Crippen molar-refractivity contribution in [1.82, 2.24) is 9.97 Å². The van der Waals surface area contributed by atoms with Gasteiger partial charge in [0.15, 0.2) is 0 Å². The minimum Gasteiger partial charge on any atom is -0.258 e. The van der Waals surface area contributed by atoms with E-state index in [2.05, 4.69) is 16.9 Å². The Hall–Kier alpha value is -0.920. The summed E-state index contributed by atoms with van der Waals surface area (Å²) in [4.78, 5) is 8.12. The molecule has 1 rings (SSSR count). The first kappa shape index (κ1) is 6.20. The van der Waals surface area contributed by atoms with Crippen LogP contribution in [0.15, 0.2) is 12.4 Å². The van der Waals surface area contributed by atoms with Gasteiger partial charge >= 0.3 is 0 Å². The van der Waals surface area contributed by atoms with Crippen molar-refractivity contribution in [3.63, 3.8) is 0 Å². The lowest BCUT2D eigenvalue weighted by Crippen LogP contribution is -1.89. The molecule has 0 atom stereocenters. The van der Waals surface area contributed by atoms with Crippen molar-refractivity contribution in [1.29, 1.82) is 0 Å². The molecule has 2 heteroatoms. The summed E-state index contributed by atoms with van der Waals surface area (Å²) in [6.45, 7) is 5.60. The molecular formula is C7H9N2. The van der Waals surface area contributed by atoms with Gasteiger partial charge in [0, 0.05) is 12.4 Å². The van der Waals surface area contributed by atoms with E-state index in [1.165, 1.54) is 0 Å². The zero-order valence-electron chi connectivity index (χ0n) is 5.46. The van der Waals surface area contributed by atoms with Crippen molar-refractivity contribution >= 4 is 0 Å². The van der Waals surface area contributed by atoms with Crippen LogP contribution in [0.25, 0.3) is 0 Å². The monoisotopic (exact) mass is 121 g/mol. The lowest BCUT2D eigenvalue weighted by molar-refractivity contribution is 1.02. The van der Waals surface area contributed by atoms with E-state index in [9.17, 15) is 0 Å². The number of aromatic nitrogens is 2. The molecule has 2 nitrogen and oxygen atoms in total. The van der Waals surface area contributed by atoms with Crippen molar-refractivity contribution in [2.45, 2.75) is 13.3 Å². The molecule has 0 unspecified atom stereocenters. The molecule has 0 amide bonds. The van der Waals surface area contributed by atoms with E-state index in [-0.39, 0.29) is 0 Å². The molecule has 0 bridgehead atoms. The van der Waals surface area contributed by atoms with Crippen LogP contribution in [-0.2, 0) is 6.42 Å². The molecule has 0 aliphatic heterocycles. The Morgan fingerprint density at radius 1 is 1.44 bits per heavy atom. The standard InChI is InChI=1S/C7H9N2/c1-3-7-5-8-6(2)4-9-7/h4-5H,1,3H2,2H3. The Labute approximate surface area is 55.0 Å². The van der Waals surface area contributed by atoms with Gasteiger partial charge in [-0.25, -0.2) is 0 Å². The van der Waals surface area contributed by atoms with Gasteiger partial charge in [0.05, 0.1) is 11.4 Å². The van der Waals surface area contributed by atoms with E-state index >= 15 is 0 Å². The van der Waals surface area contributed by atoms with Crippen LogP contribution in [0.2, 0.25) is 0 Å². The van der Waals surface area contributed by atoms with Gasteiger partial charge in [-0.15, -0.1) is 0 Å². The second-order valence-corrected chi connectivity index (χ2v) is 1.90.